The molecule has 1 aromatic carbocycles. The van der Waals surface area contributed by atoms with Gasteiger partial charge in [-0.1, -0.05) is 31.0 Å². The SMILES string of the molecule is CC1CCCC1Nc1cccc(Cl)c1-n1ccnc1. The molecule has 2 unspecified atom stereocenters. The Bertz CT molecular complexity index is 551. The molecule has 19 heavy (non-hydrogen) atoms. The Labute approximate surface area is 118 Å². The number of aromatic nitrogens is 2. The monoisotopic (exact) mass is 275 g/mol. The van der Waals surface area contributed by atoms with Crippen molar-refractivity contribution in [1.82, 2.24) is 9.55 Å². The number of rotatable bonds is 3. The molecule has 1 aliphatic carbocycles. The highest BCUT2D eigenvalue weighted by atomic mass is 35.5. The van der Waals surface area contributed by atoms with E-state index in [2.05, 4.69) is 23.3 Å². The van der Waals surface area contributed by atoms with Crippen molar-refractivity contribution >= 4 is 17.3 Å². The van der Waals surface area contributed by atoms with Gasteiger partial charge in [-0.3, -0.25) is 0 Å². The standard InChI is InChI=1S/C15H18ClN3/c1-11-4-2-6-13(11)18-14-7-3-5-12(16)15(14)19-9-8-17-10-19/h3,5,7-11,13,18H,2,4,6H2,1H3. The molecule has 0 bridgehead atoms. The van der Waals surface area contributed by atoms with E-state index < -0.39 is 0 Å². The minimum Gasteiger partial charge on any atom is -0.380 e. The summed E-state index contributed by atoms with van der Waals surface area (Å²) >= 11 is 6.35. The van der Waals surface area contributed by atoms with E-state index in [1.54, 1.807) is 12.5 Å². The predicted octanol–water partition coefficient (Wildman–Crippen LogP) is 4.13. The Morgan fingerprint density at radius 2 is 2.26 bits per heavy atom. The van der Waals surface area contributed by atoms with Gasteiger partial charge in [0.05, 0.1) is 22.7 Å². The van der Waals surface area contributed by atoms with Crippen LogP contribution in [0.25, 0.3) is 5.69 Å². The van der Waals surface area contributed by atoms with Crippen LogP contribution >= 0.6 is 11.6 Å². The van der Waals surface area contributed by atoms with Crippen molar-refractivity contribution in [2.24, 2.45) is 5.92 Å². The molecule has 1 aromatic heterocycles. The molecule has 1 saturated carbocycles. The van der Waals surface area contributed by atoms with E-state index >= 15 is 0 Å². The van der Waals surface area contributed by atoms with E-state index in [4.69, 9.17) is 11.6 Å². The second-order valence-electron chi connectivity index (χ2n) is 5.26. The minimum absolute atomic E-state index is 0.542. The summed E-state index contributed by atoms with van der Waals surface area (Å²) in [6.45, 7) is 2.31. The van der Waals surface area contributed by atoms with Gasteiger partial charge in [-0.15, -0.1) is 0 Å². The summed E-state index contributed by atoms with van der Waals surface area (Å²) in [6.07, 6.45) is 9.32. The average molecular weight is 276 g/mol. The van der Waals surface area contributed by atoms with Crippen LogP contribution in [0.15, 0.2) is 36.9 Å². The van der Waals surface area contributed by atoms with E-state index in [1.807, 2.05) is 22.9 Å². The van der Waals surface area contributed by atoms with Gasteiger partial charge < -0.3 is 9.88 Å². The first-order valence-corrected chi connectivity index (χ1v) is 7.17. The fraction of sp³-hybridized carbons (Fsp3) is 0.400. The minimum atomic E-state index is 0.542. The van der Waals surface area contributed by atoms with Gasteiger partial charge in [-0.05, 0) is 30.9 Å². The molecule has 0 saturated heterocycles. The number of halogens is 1. The Morgan fingerprint density at radius 1 is 1.37 bits per heavy atom. The number of anilines is 1. The summed E-state index contributed by atoms with van der Waals surface area (Å²) in [5.41, 5.74) is 2.07. The highest BCUT2D eigenvalue weighted by Gasteiger charge is 2.24. The van der Waals surface area contributed by atoms with Crippen LogP contribution in [0.3, 0.4) is 0 Å². The van der Waals surface area contributed by atoms with Crippen molar-refractivity contribution in [2.75, 3.05) is 5.32 Å². The van der Waals surface area contributed by atoms with Crippen molar-refractivity contribution in [1.29, 1.82) is 0 Å². The van der Waals surface area contributed by atoms with Crippen LogP contribution in [0.5, 0.6) is 0 Å². The molecule has 3 nitrogen and oxygen atoms in total. The van der Waals surface area contributed by atoms with Crippen LogP contribution in [0.1, 0.15) is 26.2 Å². The van der Waals surface area contributed by atoms with Crippen LogP contribution in [0.4, 0.5) is 5.69 Å². The second kappa shape index (κ2) is 5.25. The maximum absolute atomic E-state index is 6.35. The molecule has 1 heterocycles. The molecular weight excluding hydrogens is 258 g/mol. The Balaban J connectivity index is 1.95. The van der Waals surface area contributed by atoms with Crippen molar-refractivity contribution in [3.63, 3.8) is 0 Å². The molecule has 4 heteroatoms. The molecule has 0 radical (unpaired) electrons. The third-order valence-electron chi connectivity index (χ3n) is 3.95. The van der Waals surface area contributed by atoms with Crippen molar-refractivity contribution < 1.29 is 0 Å². The zero-order valence-corrected chi connectivity index (χ0v) is 11.8. The number of imidazole rings is 1. The summed E-state index contributed by atoms with van der Waals surface area (Å²) in [5.74, 6) is 0.717. The third-order valence-corrected chi connectivity index (χ3v) is 4.26. The van der Waals surface area contributed by atoms with Crippen LogP contribution in [0, 0.1) is 5.92 Å². The fourth-order valence-electron chi connectivity index (χ4n) is 2.85. The quantitative estimate of drug-likeness (QED) is 0.913. The first-order valence-electron chi connectivity index (χ1n) is 6.79. The summed E-state index contributed by atoms with van der Waals surface area (Å²) in [4.78, 5) is 4.10. The zero-order chi connectivity index (χ0) is 13.2. The number of para-hydroxylation sites is 1. The lowest BCUT2D eigenvalue weighted by Crippen LogP contribution is -2.22. The van der Waals surface area contributed by atoms with Gasteiger partial charge in [-0.25, -0.2) is 4.98 Å². The molecule has 2 atom stereocenters. The summed E-state index contributed by atoms with van der Waals surface area (Å²) < 4.78 is 1.96. The number of hydrogen-bond donors (Lipinski definition) is 1. The van der Waals surface area contributed by atoms with Crippen molar-refractivity contribution in [3.8, 4) is 5.69 Å². The van der Waals surface area contributed by atoms with Gasteiger partial charge in [0.15, 0.2) is 0 Å². The normalized spacial score (nSPS) is 22.6. The number of benzene rings is 1. The van der Waals surface area contributed by atoms with Crippen LogP contribution in [0.2, 0.25) is 5.02 Å². The second-order valence-corrected chi connectivity index (χ2v) is 5.67. The van der Waals surface area contributed by atoms with Crippen LogP contribution < -0.4 is 5.32 Å². The molecule has 0 spiro atoms. The Kier molecular flexibility index (Phi) is 3.47. The predicted molar refractivity (Wildman–Crippen MR) is 79.0 cm³/mol. The van der Waals surface area contributed by atoms with Gasteiger partial charge in [0.2, 0.25) is 0 Å². The molecule has 1 aliphatic rings. The molecule has 2 aromatic rings. The Hall–Kier alpha value is -1.48. The molecule has 100 valence electrons. The zero-order valence-electron chi connectivity index (χ0n) is 11.0. The van der Waals surface area contributed by atoms with E-state index in [1.165, 1.54) is 19.3 Å². The average Bonchev–Trinajstić information content (AvgIpc) is 3.03. The van der Waals surface area contributed by atoms with Crippen LogP contribution in [-0.2, 0) is 0 Å². The molecule has 0 amide bonds. The van der Waals surface area contributed by atoms with Gasteiger partial charge in [0.25, 0.3) is 0 Å². The first kappa shape index (κ1) is 12.5. The summed E-state index contributed by atoms with van der Waals surface area (Å²) in [6, 6.07) is 6.54. The van der Waals surface area contributed by atoms with E-state index in [-0.39, 0.29) is 0 Å². The van der Waals surface area contributed by atoms with Gasteiger partial charge in [0.1, 0.15) is 0 Å². The topological polar surface area (TPSA) is 29.9 Å². The highest BCUT2D eigenvalue weighted by molar-refractivity contribution is 6.33. The van der Waals surface area contributed by atoms with Crippen molar-refractivity contribution in [3.05, 3.63) is 41.9 Å². The molecule has 1 fully saturated rings. The summed E-state index contributed by atoms with van der Waals surface area (Å²) in [7, 11) is 0. The van der Waals surface area contributed by atoms with Gasteiger partial charge >= 0.3 is 0 Å². The van der Waals surface area contributed by atoms with E-state index in [0.29, 0.717) is 6.04 Å². The molecular formula is C15H18ClN3. The smallest absolute Gasteiger partial charge is 0.0992 e. The largest absolute Gasteiger partial charge is 0.380 e. The number of hydrogen-bond acceptors (Lipinski definition) is 2. The fourth-order valence-corrected chi connectivity index (χ4v) is 3.12. The first-order chi connectivity index (χ1) is 9.25. The Morgan fingerprint density at radius 3 is 2.95 bits per heavy atom. The van der Waals surface area contributed by atoms with E-state index in [9.17, 15) is 0 Å². The van der Waals surface area contributed by atoms with Gasteiger partial charge in [-0.2, -0.15) is 0 Å². The molecule has 3 rings (SSSR count). The van der Waals surface area contributed by atoms with E-state index in [0.717, 1.165) is 22.3 Å². The number of nitrogens with one attached hydrogen (secondary N) is 1. The van der Waals surface area contributed by atoms with Crippen molar-refractivity contribution in [2.45, 2.75) is 32.2 Å². The maximum atomic E-state index is 6.35. The summed E-state index contributed by atoms with van der Waals surface area (Å²) in [5, 5.41) is 4.40. The lowest BCUT2D eigenvalue weighted by molar-refractivity contribution is 0.556. The third kappa shape index (κ3) is 2.47. The van der Waals surface area contributed by atoms with Crippen LogP contribution in [-0.4, -0.2) is 15.6 Å². The maximum Gasteiger partial charge on any atom is 0.0992 e. The molecule has 1 N–H and O–H groups in total. The number of nitrogens with zero attached hydrogens (tertiary/aromatic N) is 2. The van der Waals surface area contributed by atoms with Gasteiger partial charge in [0, 0.05) is 18.4 Å². The molecule has 0 aliphatic heterocycles. The lowest BCUT2D eigenvalue weighted by atomic mass is 10.1. The lowest BCUT2D eigenvalue weighted by Gasteiger charge is -2.21. The highest BCUT2D eigenvalue weighted by Crippen LogP contribution is 2.33.